The third-order valence-corrected chi connectivity index (χ3v) is 4.20. The van der Waals surface area contributed by atoms with Gasteiger partial charge in [0.05, 0.1) is 24.9 Å². The molecule has 1 aromatic carbocycles. The maximum absolute atomic E-state index is 12.9. The van der Waals surface area contributed by atoms with Crippen LogP contribution in [0.1, 0.15) is 46.9 Å². The van der Waals surface area contributed by atoms with Gasteiger partial charge >= 0.3 is 5.97 Å². The average molecular weight is 354 g/mol. The highest BCUT2D eigenvalue weighted by Gasteiger charge is 2.26. The predicted molar refractivity (Wildman–Crippen MR) is 97.3 cm³/mol. The summed E-state index contributed by atoms with van der Waals surface area (Å²) in [5, 5.41) is 14.3. The van der Waals surface area contributed by atoms with Crippen LogP contribution in [0.25, 0.3) is 5.52 Å². The van der Waals surface area contributed by atoms with Crippen LogP contribution in [-0.4, -0.2) is 27.8 Å². The van der Waals surface area contributed by atoms with E-state index in [4.69, 9.17) is 9.47 Å². The van der Waals surface area contributed by atoms with Gasteiger partial charge in [0.1, 0.15) is 12.2 Å². The van der Waals surface area contributed by atoms with Crippen LogP contribution in [0.4, 0.5) is 0 Å². The molecule has 0 saturated carbocycles. The van der Waals surface area contributed by atoms with E-state index in [9.17, 15) is 9.90 Å². The van der Waals surface area contributed by atoms with Gasteiger partial charge in [-0.2, -0.15) is 9.61 Å². The SMILES string of the molecule is COc1ccc(CO)c2c(C(=O)OCc3ccccc3)c(C(C)C)nn12. The second-order valence-electron chi connectivity index (χ2n) is 6.30. The summed E-state index contributed by atoms with van der Waals surface area (Å²) in [6.07, 6.45) is 0. The lowest BCUT2D eigenvalue weighted by atomic mass is 10.0. The van der Waals surface area contributed by atoms with Gasteiger partial charge in [-0.15, -0.1) is 0 Å². The quantitative estimate of drug-likeness (QED) is 0.688. The van der Waals surface area contributed by atoms with E-state index in [1.165, 1.54) is 7.11 Å². The van der Waals surface area contributed by atoms with Crippen molar-refractivity contribution in [3.63, 3.8) is 0 Å². The monoisotopic (exact) mass is 354 g/mol. The third-order valence-electron chi connectivity index (χ3n) is 4.20. The number of esters is 1. The van der Waals surface area contributed by atoms with Crippen molar-refractivity contribution in [3.05, 3.63) is 64.8 Å². The van der Waals surface area contributed by atoms with Gasteiger partial charge in [-0.05, 0) is 17.5 Å². The number of carbonyl (C=O) groups is 1. The maximum Gasteiger partial charge on any atom is 0.342 e. The van der Waals surface area contributed by atoms with Gasteiger partial charge in [-0.25, -0.2) is 4.79 Å². The van der Waals surface area contributed by atoms with E-state index >= 15 is 0 Å². The zero-order valence-corrected chi connectivity index (χ0v) is 15.1. The molecule has 0 amide bonds. The van der Waals surface area contributed by atoms with Crippen molar-refractivity contribution >= 4 is 11.5 Å². The Hall–Kier alpha value is -2.86. The fourth-order valence-corrected chi connectivity index (χ4v) is 2.90. The molecule has 0 radical (unpaired) electrons. The van der Waals surface area contributed by atoms with Crippen LogP contribution in [0.5, 0.6) is 5.88 Å². The van der Waals surface area contributed by atoms with Gasteiger partial charge in [0, 0.05) is 11.6 Å². The first kappa shape index (κ1) is 17.9. The molecule has 3 rings (SSSR count). The molecule has 0 bridgehead atoms. The number of benzene rings is 1. The number of nitrogens with zero attached hydrogens (tertiary/aromatic N) is 2. The van der Waals surface area contributed by atoms with Crippen LogP contribution in [-0.2, 0) is 18.0 Å². The van der Waals surface area contributed by atoms with Gasteiger partial charge in [0.2, 0.25) is 5.88 Å². The molecule has 2 heterocycles. The zero-order chi connectivity index (χ0) is 18.7. The molecular weight excluding hydrogens is 332 g/mol. The molecule has 136 valence electrons. The highest BCUT2D eigenvalue weighted by atomic mass is 16.5. The van der Waals surface area contributed by atoms with Crippen molar-refractivity contribution in [3.8, 4) is 5.88 Å². The van der Waals surface area contributed by atoms with E-state index < -0.39 is 5.97 Å². The van der Waals surface area contributed by atoms with E-state index in [0.717, 1.165) is 5.56 Å². The summed E-state index contributed by atoms with van der Waals surface area (Å²) in [7, 11) is 1.54. The lowest BCUT2D eigenvalue weighted by molar-refractivity contribution is 0.0473. The van der Waals surface area contributed by atoms with Gasteiger partial charge in [0.25, 0.3) is 0 Å². The minimum atomic E-state index is -0.462. The van der Waals surface area contributed by atoms with Crippen molar-refractivity contribution < 1.29 is 19.4 Å². The van der Waals surface area contributed by atoms with Crippen molar-refractivity contribution in [2.75, 3.05) is 7.11 Å². The Morgan fingerprint density at radius 2 is 1.92 bits per heavy atom. The summed E-state index contributed by atoms with van der Waals surface area (Å²) >= 11 is 0. The van der Waals surface area contributed by atoms with E-state index in [1.54, 1.807) is 16.6 Å². The molecule has 26 heavy (non-hydrogen) atoms. The normalized spacial score (nSPS) is 11.1. The number of hydrogen-bond acceptors (Lipinski definition) is 5. The summed E-state index contributed by atoms with van der Waals surface area (Å²) < 4.78 is 12.4. The summed E-state index contributed by atoms with van der Waals surface area (Å²) in [5.41, 5.74) is 3.01. The number of aliphatic hydroxyl groups excluding tert-OH is 1. The van der Waals surface area contributed by atoms with Gasteiger partial charge in [0.15, 0.2) is 0 Å². The first-order valence-corrected chi connectivity index (χ1v) is 8.47. The van der Waals surface area contributed by atoms with Gasteiger partial charge in [-0.3, -0.25) is 0 Å². The third kappa shape index (κ3) is 3.28. The molecule has 0 atom stereocenters. The zero-order valence-electron chi connectivity index (χ0n) is 15.1. The average Bonchev–Trinajstić information content (AvgIpc) is 3.07. The summed E-state index contributed by atoms with van der Waals surface area (Å²) in [6, 6.07) is 12.9. The Morgan fingerprint density at radius 1 is 1.19 bits per heavy atom. The smallest absolute Gasteiger partial charge is 0.342 e. The largest absolute Gasteiger partial charge is 0.481 e. The number of ether oxygens (including phenoxy) is 2. The Bertz CT molecular complexity index is 916. The first-order valence-electron chi connectivity index (χ1n) is 8.47. The summed E-state index contributed by atoms with van der Waals surface area (Å²) in [4.78, 5) is 12.9. The molecule has 0 aliphatic heterocycles. The molecule has 0 saturated heterocycles. The van der Waals surface area contributed by atoms with Crippen LogP contribution in [0.15, 0.2) is 42.5 Å². The van der Waals surface area contributed by atoms with Crippen molar-refractivity contribution in [2.24, 2.45) is 0 Å². The molecular formula is C20H22N2O4. The molecule has 1 N–H and O–H groups in total. The highest BCUT2D eigenvalue weighted by molar-refractivity contribution is 5.99. The lowest BCUT2D eigenvalue weighted by Gasteiger charge is -2.09. The Balaban J connectivity index is 2.07. The molecule has 0 spiro atoms. The lowest BCUT2D eigenvalue weighted by Crippen LogP contribution is -2.09. The van der Waals surface area contributed by atoms with Crippen LogP contribution < -0.4 is 4.74 Å². The maximum atomic E-state index is 12.9. The molecule has 2 aromatic heterocycles. The van der Waals surface area contributed by atoms with E-state index in [1.807, 2.05) is 44.2 Å². The van der Waals surface area contributed by atoms with Crippen LogP contribution in [0.2, 0.25) is 0 Å². The molecule has 6 nitrogen and oxygen atoms in total. The number of pyridine rings is 1. The molecule has 0 aliphatic rings. The number of methoxy groups -OCH3 is 1. The van der Waals surface area contributed by atoms with E-state index in [0.29, 0.717) is 28.2 Å². The molecule has 3 aromatic rings. The minimum Gasteiger partial charge on any atom is -0.481 e. The molecule has 0 fully saturated rings. The molecule has 6 heteroatoms. The first-order chi connectivity index (χ1) is 12.6. The van der Waals surface area contributed by atoms with Crippen LogP contribution in [0, 0.1) is 0 Å². The minimum absolute atomic E-state index is 0.00502. The second-order valence-corrected chi connectivity index (χ2v) is 6.30. The van der Waals surface area contributed by atoms with Gasteiger partial charge in [-0.1, -0.05) is 44.2 Å². The Kier molecular flexibility index (Phi) is 5.23. The predicted octanol–water partition coefficient (Wildman–Crippen LogP) is 3.32. The fourth-order valence-electron chi connectivity index (χ4n) is 2.90. The summed E-state index contributed by atoms with van der Waals surface area (Å²) in [6.45, 7) is 3.88. The van der Waals surface area contributed by atoms with Crippen molar-refractivity contribution in [1.29, 1.82) is 0 Å². The Morgan fingerprint density at radius 3 is 2.54 bits per heavy atom. The van der Waals surface area contributed by atoms with E-state index in [-0.39, 0.29) is 19.1 Å². The standard InChI is InChI=1S/C20H22N2O4/c1-13(2)18-17(20(24)26-12-14-7-5-4-6-8-14)19-15(11-23)9-10-16(25-3)22(19)21-18/h4-10,13,23H,11-12H2,1-3H3. The molecule has 0 unspecified atom stereocenters. The van der Waals surface area contributed by atoms with E-state index in [2.05, 4.69) is 5.10 Å². The number of carbonyl (C=O) groups excluding carboxylic acids is 1. The second kappa shape index (κ2) is 7.58. The number of fused-ring (bicyclic) bond motifs is 1. The Labute approximate surface area is 152 Å². The van der Waals surface area contributed by atoms with Crippen molar-refractivity contribution in [1.82, 2.24) is 9.61 Å². The topological polar surface area (TPSA) is 73.1 Å². The number of aliphatic hydroxyl groups is 1. The highest BCUT2D eigenvalue weighted by Crippen LogP contribution is 2.29. The number of rotatable bonds is 6. The number of hydrogen-bond donors (Lipinski definition) is 1. The number of aromatic nitrogens is 2. The fraction of sp³-hybridized carbons (Fsp3) is 0.300. The van der Waals surface area contributed by atoms with Crippen molar-refractivity contribution in [2.45, 2.75) is 33.0 Å². The van der Waals surface area contributed by atoms with Crippen LogP contribution in [0.3, 0.4) is 0 Å². The summed E-state index contributed by atoms with van der Waals surface area (Å²) in [5.74, 6) is 0.0298. The van der Waals surface area contributed by atoms with Gasteiger partial charge < -0.3 is 14.6 Å². The molecule has 0 aliphatic carbocycles. The van der Waals surface area contributed by atoms with Crippen LogP contribution >= 0.6 is 0 Å².